The lowest BCUT2D eigenvalue weighted by atomic mass is 10.2. The van der Waals surface area contributed by atoms with Crippen LogP contribution in [0.4, 0.5) is 11.5 Å². The number of nitrogens with one attached hydrogen (secondary N) is 1. The highest BCUT2D eigenvalue weighted by Gasteiger charge is 2.25. The van der Waals surface area contributed by atoms with Crippen molar-refractivity contribution in [3.05, 3.63) is 15.8 Å². The Kier molecular flexibility index (Phi) is 5.75. The maximum absolute atomic E-state index is 11.1. The van der Waals surface area contributed by atoms with Gasteiger partial charge in [-0.25, -0.2) is 4.68 Å². The number of aromatic nitrogens is 2. The molecule has 0 aliphatic heterocycles. The lowest BCUT2D eigenvalue weighted by Crippen LogP contribution is -2.12. The summed E-state index contributed by atoms with van der Waals surface area (Å²) in [4.78, 5) is 10.7. The quantitative estimate of drug-likeness (QED) is 0.429. The van der Waals surface area contributed by atoms with E-state index in [1.807, 2.05) is 13.8 Å². The Bertz CT molecular complexity index is 429. The molecular weight excluding hydrogens is 248 g/mol. The topological polar surface area (TPSA) is 93.2 Å². The van der Waals surface area contributed by atoms with Crippen LogP contribution < -0.4 is 5.32 Å². The monoisotopic (exact) mass is 270 g/mol. The minimum atomic E-state index is -0.392. The van der Waals surface area contributed by atoms with Crippen molar-refractivity contribution in [2.24, 2.45) is 0 Å². The highest BCUT2D eigenvalue weighted by molar-refractivity contribution is 5.59. The molecule has 0 atom stereocenters. The van der Waals surface area contributed by atoms with Crippen molar-refractivity contribution >= 4 is 11.5 Å². The van der Waals surface area contributed by atoms with Gasteiger partial charge in [0.2, 0.25) is 5.82 Å². The van der Waals surface area contributed by atoms with Gasteiger partial charge in [0, 0.05) is 19.2 Å². The maximum atomic E-state index is 11.1. The summed E-state index contributed by atoms with van der Waals surface area (Å²) in [6.45, 7) is 6.34. The van der Waals surface area contributed by atoms with Crippen LogP contribution in [0.25, 0.3) is 0 Å². The van der Waals surface area contributed by atoms with Gasteiger partial charge in [-0.3, -0.25) is 10.1 Å². The Morgan fingerprint density at radius 1 is 1.42 bits per heavy atom. The number of unbranched alkanes of at least 4 members (excludes halogenated alkanes) is 2. The Hall–Kier alpha value is -1.63. The van der Waals surface area contributed by atoms with Gasteiger partial charge in [0.1, 0.15) is 5.69 Å². The molecule has 2 N–H and O–H groups in total. The molecular formula is C12H22N4O3. The zero-order valence-corrected chi connectivity index (χ0v) is 11.7. The predicted octanol–water partition coefficient (Wildman–Crippen LogP) is 2.26. The Morgan fingerprint density at radius 3 is 2.63 bits per heavy atom. The summed E-state index contributed by atoms with van der Waals surface area (Å²) in [6, 6.07) is 0.0624. The van der Waals surface area contributed by atoms with E-state index in [1.54, 1.807) is 11.6 Å². The van der Waals surface area contributed by atoms with Gasteiger partial charge < -0.3 is 10.4 Å². The SMILES string of the molecule is Cc1nn(C(C)C)c(NCCCCCO)c1[N+](=O)[O-]. The molecule has 1 aromatic heterocycles. The standard InChI is InChI=1S/C12H22N4O3/c1-9(2)15-12(13-7-5-4-6-8-17)11(16(18)19)10(3)14-15/h9,13,17H,4-8H2,1-3H3. The lowest BCUT2D eigenvalue weighted by Gasteiger charge is -2.11. The molecule has 7 nitrogen and oxygen atoms in total. The first-order valence-electron chi connectivity index (χ1n) is 6.57. The second-order valence-corrected chi connectivity index (χ2v) is 4.79. The van der Waals surface area contributed by atoms with Gasteiger partial charge >= 0.3 is 5.69 Å². The molecule has 1 heterocycles. The van der Waals surface area contributed by atoms with Crippen LogP contribution in [-0.4, -0.2) is 33.0 Å². The maximum Gasteiger partial charge on any atom is 0.333 e. The minimum absolute atomic E-state index is 0.0517. The fourth-order valence-corrected chi connectivity index (χ4v) is 1.92. The molecule has 19 heavy (non-hydrogen) atoms. The second-order valence-electron chi connectivity index (χ2n) is 4.79. The van der Waals surface area contributed by atoms with Crippen molar-refractivity contribution in [3.8, 4) is 0 Å². The first-order chi connectivity index (χ1) is 8.99. The normalized spacial score (nSPS) is 11.0. The summed E-state index contributed by atoms with van der Waals surface area (Å²) in [5, 5.41) is 27.1. The van der Waals surface area contributed by atoms with E-state index in [0.717, 1.165) is 19.3 Å². The average molecular weight is 270 g/mol. The van der Waals surface area contributed by atoms with Crippen molar-refractivity contribution in [1.29, 1.82) is 0 Å². The molecule has 0 fully saturated rings. The third kappa shape index (κ3) is 3.92. The van der Waals surface area contributed by atoms with Gasteiger partial charge in [-0.2, -0.15) is 5.10 Å². The number of hydrogen-bond acceptors (Lipinski definition) is 5. The molecule has 0 unspecified atom stereocenters. The van der Waals surface area contributed by atoms with E-state index in [0.29, 0.717) is 18.1 Å². The van der Waals surface area contributed by atoms with Crippen molar-refractivity contribution in [1.82, 2.24) is 9.78 Å². The van der Waals surface area contributed by atoms with Crippen LogP contribution in [0.5, 0.6) is 0 Å². The van der Waals surface area contributed by atoms with E-state index in [2.05, 4.69) is 10.4 Å². The van der Waals surface area contributed by atoms with Gasteiger partial charge in [-0.05, 0) is 40.0 Å². The van der Waals surface area contributed by atoms with Crippen LogP contribution in [0.2, 0.25) is 0 Å². The number of nitrogens with zero attached hydrogens (tertiary/aromatic N) is 3. The third-order valence-corrected chi connectivity index (χ3v) is 2.85. The molecule has 0 spiro atoms. The summed E-state index contributed by atoms with van der Waals surface area (Å²) in [5.41, 5.74) is 0.479. The molecule has 0 saturated heterocycles. The van der Waals surface area contributed by atoms with E-state index in [1.165, 1.54) is 0 Å². The molecule has 0 aromatic carbocycles. The van der Waals surface area contributed by atoms with Crippen LogP contribution >= 0.6 is 0 Å². The van der Waals surface area contributed by atoms with Crippen molar-refractivity contribution < 1.29 is 10.0 Å². The second kappa shape index (κ2) is 7.08. The Morgan fingerprint density at radius 2 is 2.11 bits per heavy atom. The van der Waals surface area contributed by atoms with E-state index in [-0.39, 0.29) is 18.3 Å². The molecule has 0 aliphatic carbocycles. The van der Waals surface area contributed by atoms with E-state index in [4.69, 9.17) is 5.11 Å². The average Bonchev–Trinajstić information content (AvgIpc) is 2.66. The van der Waals surface area contributed by atoms with E-state index >= 15 is 0 Å². The van der Waals surface area contributed by atoms with Crippen LogP contribution in [-0.2, 0) is 0 Å². The summed E-state index contributed by atoms with van der Waals surface area (Å²) in [5.74, 6) is 0.474. The van der Waals surface area contributed by atoms with Gasteiger partial charge in [-0.1, -0.05) is 0 Å². The number of aliphatic hydroxyl groups is 1. The number of nitro groups is 1. The molecule has 0 radical (unpaired) electrons. The fourth-order valence-electron chi connectivity index (χ4n) is 1.92. The van der Waals surface area contributed by atoms with Gasteiger partial charge in [-0.15, -0.1) is 0 Å². The summed E-state index contributed by atoms with van der Waals surface area (Å²) in [6.07, 6.45) is 2.51. The smallest absolute Gasteiger partial charge is 0.333 e. The highest BCUT2D eigenvalue weighted by Crippen LogP contribution is 2.30. The number of aliphatic hydroxyl groups excluding tert-OH is 1. The molecule has 0 aliphatic rings. The summed E-state index contributed by atoms with van der Waals surface area (Å²) >= 11 is 0. The largest absolute Gasteiger partial charge is 0.396 e. The Balaban J connectivity index is 2.81. The zero-order chi connectivity index (χ0) is 14.4. The van der Waals surface area contributed by atoms with Gasteiger partial charge in [0.25, 0.3) is 0 Å². The van der Waals surface area contributed by atoms with E-state index < -0.39 is 4.92 Å². The summed E-state index contributed by atoms with van der Waals surface area (Å²) in [7, 11) is 0. The van der Waals surface area contributed by atoms with E-state index in [9.17, 15) is 10.1 Å². The predicted molar refractivity (Wildman–Crippen MR) is 73.4 cm³/mol. The Labute approximate surface area is 112 Å². The number of hydrogen-bond donors (Lipinski definition) is 2. The van der Waals surface area contributed by atoms with Crippen molar-refractivity contribution in [2.45, 2.75) is 46.1 Å². The number of rotatable bonds is 8. The molecule has 7 heteroatoms. The molecule has 108 valence electrons. The van der Waals surface area contributed by atoms with Crippen LogP contribution in [0.15, 0.2) is 0 Å². The van der Waals surface area contributed by atoms with Crippen molar-refractivity contribution in [3.63, 3.8) is 0 Å². The number of aryl methyl sites for hydroxylation is 1. The fraction of sp³-hybridized carbons (Fsp3) is 0.750. The van der Waals surface area contributed by atoms with Crippen LogP contribution in [0.3, 0.4) is 0 Å². The molecule has 0 amide bonds. The lowest BCUT2D eigenvalue weighted by molar-refractivity contribution is -0.384. The third-order valence-electron chi connectivity index (χ3n) is 2.85. The van der Waals surface area contributed by atoms with Crippen LogP contribution in [0.1, 0.15) is 44.8 Å². The zero-order valence-electron chi connectivity index (χ0n) is 11.7. The first-order valence-corrected chi connectivity index (χ1v) is 6.57. The molecule has 1 rings (SSSR count). The molecule has 0 bridgehead atoms. The van der Waals surface area contributed by atoms with Crippen LogP contribution in [0, 0.1) is 17.0 Å². The molecule has 1 aromatic rings. The highest BCUT2D eigenvalue weighted by atomic mass is 16.6. The number of anilines is 1. The van der Waals surface area contributed by atoms with Gasteiger partial charge in [0.05, 0.1) is 4.92 Å². The van der Waals surface area contributed by atoms with Crippen molar-refractivity contribution in [2.75, 3.05) is 18.5 Å². The van der Waals surface area contributed by atoms with Gasteiger partial charge in [0.15, 0.2) is 0 Å². The summed E-state index contributed by atoms with van der Waals surface area (Å²) < 4.78 is 1.65. The minimum Gasteiger partial charge on any atom is -0.396 e. The first kappa shape index (κ1) is 15.4. The molecule has 0 saturated carbocycles.